The molecule has 2 atom stereocenters. The third-order valence-corrected chi connectivity index (χ3v) is 4.03. The lowest BCUT2D eigenvalue weighted by molar-refractivity contribution is -0.0696. The van der Waals surface area contributed by atoms with Crippen LogP contribution in [0.15, 0.2) is 0 Å². The van der Waals surface area contributed by atoms with Gasteiger partial charge in [-0.3, -0.25) is 4.90 Å². The number of hydrogen-bond donors (Lipinski definition) is 1. The summed E-state index contributed by atoms with van der Waals surface area (Å²) in [5, 5.41) is 0. The highest BCUT2D eigenvalue weighted by Gasteiger charge is 2.39. The fourth-order valence-electron chi connectivity index (χ4n) is 2.94. The zero-order valence-corrected chi connectivity index (χ0v) is 12.7. The Morgan fingerprint density at radius 3 is 2.58 bits per heavy atom. The fraction of sp³-hybridized carbons (Fsp3) is 1.00. The molecule has 0 spiro atoms. The van der Waals surface area contributed by atoms with Crippen molar-refractivity contribution in [1.82, 2.24) is 4.90 Å². The summed E-state index contributed by atoms with van der Waals surface area (Å²) in [5.74, 6) is 0. The number of nitrogens with zero attached hydrogens (tertiary/aromatic N) is 1. The SMILES string of the molecule is COCCCN(CCOC)C1(CN)CCOC(C)C1. The molecule has 19 heavy (non-hydrogen) atoms. The minimum atomic E-state index is 0.0595. The Bertz CT molecular complexity index is 241. The van der Waals surface area contributed by atoms with Crippen molar-refractivity contribution in [3.8, 4) is 0 Å². The Kier molecular flexibility index (Phi) is 7.87. The van der Waals surface area contributed by atoms with Crippen molar-refractivity contribution >= 4 is 0 Å². The first-order valence-electron chi connectivity index (χ1n) is 7.23. The summed E-state index contributed by atoms with van der Waals surface area (Å²) in [4.78, 5) is 2.48. The van der Waals surface area contributed by atoms with Gasteiger partial charge in [0.25, 0.3) is 0 Å². The summed E-state index contributed by atoms with van der Waals surface area (Å²) >= 11 is 0. The number of rotatable bonds is 9. The monoisotopic (exact) mass is 274 g/mol. The predicted octanol–water partition coefficient (Wildman–Crippen LogP) is 0.868. The molecule has 1 fully saturated rings. The highest BCUT2D eigenvalue weighted by molar-refractivity contribution is 4.95. The van der Waals surface area contributed by atoms with Gasteiger partial charge in [-0.1, -0.05) is 0 Å². The molecule has 2 N–H and O–H groups in total. The molecule has 2 unspecified atom stereocenters. The second-order valence-corrected chi connectivity index (χ2v) is 5.39. The molecule has 5 nitrogen and oxygen atoms in total. The number of methoxy groups -OCH3 is 2. The number of ether oxygens (including phenoxy) is 3. The zero-order valence-electron chi connectivity index (χ0n) is 12.7. The van der Waals surface area contributed by atoms with E-state index in [1.54, 1.807) is 14.2 Å². The van der Waals surface area contributed by atoms with Crippen molar-refractivity contribution in [2.24, 2.45) is 5.73 Å². The molecule has 0 saturated carbocycles. The maximum Gasteiger partial charge on any atom is 0.0589 e. The molecule has 0 aliphatic carbocycles. The van der Waals surface area contributed by atoms with Crippen LogP contribution < -0.4 is 5.73 Å². The molecule has 0 amide bonds. The molecule has 1 saturated heterocycles. The van der Waals surface area contributed by atoms with E-state index in [0.29, 0.717) is 6.54 Å². The van der Waals surface area contributed by atoms with E-state index in [1.807, 2.05) is 0 Å². The van der Waals surface area contributed by atoms with E-state index in [0.717, 1.165) is 52.2 Å². The lowest BCUT2D eigenvalue weighted by Gasteiger charge is -2.47. The molecule has 1 aliphatic rings. The summed E-state index contributed by atoms with van der Waals surface area (Å²) in [7, 11) is 3.49. The molecule has 0 radical (unpaired) electrons. The minimum Gasteiger partial charge on any atom is -0.385 e. The van der Waals surface area contributed by atoms with Crippen LogP contribution in [-0.4, -0.2) is 70.2 Å². The van der Waals surface area contributed by atoms with Crippen LogP contribution in [0.5, 0.6) is 0 Å². The fourth-order valence-corrected chi connectivity index (χ4v) is 2.94. The van der Waals surface area contributed by atoms with Crippen molar-refractivity contribution < 1.29 is 14.2 Å². The van der Waals surface area contributed by atoms with E-state index >= 15 is 0 Å². The summed E-state index contributed by atoms with van der Waals surface area (Å²) in [6, 6.07) is 0. The molecule has 0 aromatic carbocycles. The van der Waals surface area contributed by atoms with Crippen LogP contribution in [-0.2, 0) is 14.2 Å². The van der Waals surface area contributed by atoms with Gasteiger partial charge >= 0.3 is 0 Å². The third-order valence-electron chi connectivity index (χ3n) is 4.03. The lowest BCUT2D eigenvalue weighted by Crippen LogP contribution is -2.59. The molecule has 5 heteroatoms. The summed E-state index contributed by atoms with van der Waals surface area (Å²) in [6.07, 6.45) is 3.31. The molecule has 114 valence electrons. The number of hydrogen-bond acceptors (Lipinski definition) is 5. The van der Waals surface area contributed by atoms with Gasteiger partial charge in [0.15, 0.2) is 0 Å². The van der Waals surface area contributed by atoms with Gasteiger partial charge in [-0.2, -0.15) is 0 Å². The minimum absolute atomic E-state index is 0.0595. The largest absolute Gasteiger partial charge is 0.385 e. The van der Waals surface area contributed by atoms with Crippen LogP contribution in [0.25, 0.3) is 0 Å². The Labute approximate surface area is 117 Å². The van der Waals surface area contributed by atoms with Crippen LogP contribution in [0.2, 0.25) is 0 Å². The van der Waals surface area contributed by atoms with Crippen molar-refractivity contribution in [3.63, 3.8) is 0 Å². The quantitative estimate of drug-likeness (QED) is 0.632. The standard InChI is InChI=1S/C14H30N2O3/c1-13-11-14(12-15,5-9-19-13)16(7-10-18-3)6-4-8-17-2/h13H,4-12,15H2,1-3H3. The number of nitrogens with two attached hydrogens (primary N) is 1. The summed E-state index contributed by atoms with van der Waals surface area (Å²) < 4.78 is 16.1. The van der Waals surface area contributed by atoms with E-state index in [1.165, 1.54) is 0 Å². The van der Waals surface area contributed by atoms with Gasteiger partial charge in [0.2, 0.25) is 0 Å². The van der Waals surface area contributed by atoms with Crippen LogP contribution >= 0.6 is 0 Å². The Hall–Kier alpha value is -0.200. The highest BCUT2D eigenvalue weighted by atomic mass is 16.5. The molecule has 1 heterocycles. The van der Waals surface area contributed by atoms with Gasteiger partial charge in [0.05, 0.1) is 12.7 Å². The first kappa shape index (κ1) is 16.9. The van der Waals surface area contributed by atoms with Crippen molar-refractivity contribution in [3.05, 3.63) is 0 Å². The average Bonchev–Trinajstić information content (AvgIpc) is 2.42. The molecule has 1 aliphatic heterocycles. The molecule has 1 rings (SSSR count). The van der Waals surface area contributed by atoms with Crippen molar-refractivity contribution in [1.29, 1.82) is 0 Å². The summed E-state index contributed by atoms with van der Waals surface area (Å²) in [5.41, 5.74) is 6.17. The van der Waals surface area contributed by atoms with Gasteiger partial charge < -0.3 is 19.9 Å². The normalized spacial score (nSPS) is 27.9. The van der Waals surface area contributed by atoms with Gasteiger partial charge in [-0.25, -0.2) is 0 Å². The Morgan fingerprint density at radius 2 is 2.00 bits per heavy atom. The maximum absolute atomic E-state index is 6.11. The molecular weight excluding hydrogens is 244 g/mol. The molecule has 0 aromatic heterocycles. The topological polar surface area (TPSA) is 57.0 Å². The van der Waals surface area contributed by atoms with E-state index in [-0.39, 0.29) is 11.6 Å². The van der Waals surface area contributed by atoms with E-state index in [2.05, 4.69) is 11.8 Å². The highest BCUT2D eigenvalue weighted by Crippen LogP contribution is 2.30. The van der Waals surface area contributed by atoms with E-state index < -0.39 is 0 Å². The van der Waals surface area contributed by atoms with Crippen LogP contribution in [0.3, 0.4) is 0 Å². The average molecular weight is 274 g/mol. The Morgan fingerprint density at radius 1 is 1.26 bits per heavy atom. The second-order valence-electron chi connectivity index (χ2n) is 5.39. The van der Waals surface area contributed by atoms with Gasteiger partial charge in [-0.05, 0) is 26.2 Å². The first-order valence-corrected chi connectivity index (χ1v) is 7.23. The molecule has 0 bridgehead atoms. The van der Waals surface area contributed by atoms with Crippen LogP contribution in [0.4, 0.5) is 0 Å². The van der Waals surface area contributed by atoms with Crippen LogP contribution in [0, 0.1) is 0 Å². The summed E-state index contributed by atoms with van der Waals surface area (Å²) in [6.45, 7) is 7.06. The lowest BCUT2D eigenvalue weighted by atomic mass is 9.85. The smallest absolute Gasteiger partial charge is 0.0589 e. The van der Waals surface area contributed by atoms with Crippen molar-refractivity contribution in [2.45, 2.75) is 37.8 Å². The Balaban J connectivity index is 2.66. The zero-order chi connectivity index (χ0) is 14.1. The van der Waals surface area contributed by atoms with Gasteiger partial charge in [-0.15, -0.1) is 0 Å². The maximum atomic E-state index is 6.11. The predicted molar refractivity (Wildman–Crippen MR) is 76.4 cm³/mol. The third kappa shape index (κ3) is 5.00. The van der Waals surface area contributed by atoms with Crippen LogP contribution in [0.1, 0.15) is 26.2 Å². The first-order chi connectivity index (χ1) is 9.18. The van der Waals surface area contributed by atoms with Gasteiger partial charge in [0.1, 0.15) is 0 Å². The second kappa shape index (κ2) is 8.87. The van der Waals surface area contributed by atoms with Gasteiger partial charge in [0, 0.05) is 52.6 Å². The van der Waals surface area contributed by atoms with E-state index in [4.69, 9.17) is 19.9 Å². The van der Waals surface area contributed by atoms with Crippen molar-refractivity contribution in [2.75, 3.05) is 53.7 Å². The molecular formula is C14H30N2O3. The van der Waals surface area contributed by atoms with E-state index in [9.17, 15) is 0 Å². The molecule has 0 aromatic rings.